The van der Waals surface area contributed by atoms with Crippen LogP contribution < -0.4 is 19.7 Å². The molecule has 7 nitrogen and oxygen atoms in total. The van der Waals surface area contributed by atoms with Crippen molar-refractivity contribution in [1.82, 2.24) is 9.82 Å². The molecule has 3 aromatic carbocycles. The Morgan fingerprint density at radius 3 is 2.15 bits per heavy atom. The Morgan fingerprint density at radius 1 is 0.848 bits per heavy atom. The van der Waals surface area contributed by atoms with Crippen molar-refractivity contribution >= 4 is 26.7 Å². The van der Waals surface area contributed by atoms with Crippen LogP contribution in [0.3, 0.4) is 0 Å². The average Bonchev–Trinajstić information content (AvgIpc) is 2.80. The van der Waals surface area contributed by atoms with Crippen LogP contribution in [0.5, 0.6) is 17.2 Å². The third kappa shape index (κ3) is 5.24. The molecule has 4 rings (SSSR count). The van der Waals surface area contributed by atoms with Crippen molar-refractivity contribution in [1.29, 1.82) is 0 Å². The molecular weight excluding hydrogens is 438 g/mol. The van der Waals surface area contributed by atoms with Crippen LogP contribution in [0.2, 0.25) is 0 Å². The van der Waals surface area contributed by atoms with Crippen LogP contribution in [0.25, 0.3) is 10.9 Å². The number of pyridine rings is 1. The van der Waals surface area contributed by atoms with Gasteiger partial charge in [-0.15, -0.1) is 4.83 Å². The van der Waals surface area contributed by atoms with Gasteiger partial charge in [-0.3, -0.25) is 5.43 Å². The largest absolute Gasteiger partial charge is 0.494 e. The lowest BCUT2D eigenvalue weighted by molar-refractivity contribution is 0.339. The lowest BCUT2D eigenvalue weighted by Gasteiger charge is -2.12. The Labute approximate surface area is 193 Å². The molecule has 0 amide bonds. The first kappa shape index (κ1) is 22.6. The number of hydrogen-bond donors (Lipinski definition) is 2. The maximum Gasteiger partial charge on any atom is 0.257 e. The number of nitrogens with zero attached hydrogens (tertiary/aromatic N) is 1. The zero-order valence-electron chi connectivity index (χ0n) is 18.6. The monoisotopic (exact) mass is 463 g/mol. The molecule has 0 spiro atoms. The number of fused-ring (bicyclic) bond motifs is 1. The molecule has 170 valence electrons. The van der Waals surface area contributed by atoms with Gasteiger partial charge in [0.15, 0.2) is 0 Å². The minimum Gasteiger partial charge on any atom is -0.494 e. The molecule has 0 atom stereocenters. The summed E-state index contributed by atoms with van der Waals surface area (Å²) in [5.74, 6) is 2.33. The predicted molar refractivity (Wildman–Crippen MR) is 129 cm³/mol. The van der Waals surface area contributed by atoms with Gasteiger partial charge in [-0.2, -0.15) is 0 Å². The summed E-state index contributed by atoms with van der Waals surface area (Å²) in [6, 6.07) is 21.1. The van der Waals surface area contributed by atoms with Crippen LogP contribution in [-0.2, 0) is 10.0 Å². The molecule has 1 aromatic heterocycles. The third-order valence-electron chi connectivity index (χ3n) is 5.07. The van der Waals surface area contributed by atoms with Crippen molar-refractivity contribution in [3.8, 4) is 17.2 Å². The summed E-state index contributed by atoms with van der Waals surface area (Å²) >= 11 is 0. The summed E-state index contributed by atoms with van der Waals surface area (Å²) in [4.78, 5) is 7.04. The van der Waals surface area contributed by atoms with Crippen molar-refractivity contribution < 1.29 is 17.9 Å². The van der Waals surface area contributed by atoms with E-state index in [1.807, 2.05) is 51.1 Å². The standard InChI is InChI=1S/C25H25N3O4S/c1-4-31-19-8-10-20(11-9-19)32-21-12-14-22(15-13-21)33(29,30)28-27-24-16-18(3)23-7-5-6-17(2)25(23)26-24/h5-16,28H,4H2,1-3H3,(H,26,27). The van der Waals surface area contributed by atoms with Crippen LogP contribution in [0.15, 0.2) is 77.7 Å². The van der Waals surface area contributed by atoms with Crippen molar-refractivity contribution in [3.63, 3.8) is 0 Å². The van der Waals surface area contributed by atoms with Gasteiger partial charge in [0, 0.05) is 5.39 Å². The highest BCUT2D eigenvalue weighted by atomic mass is 32.2. The number of rotatable bonds is 8. The summed E-state index contributed by atoms with van der Waals surface area (Å²) in [5, 5.41) is 1.03. The molecule has 33 heavy (non-hydrogen) atoms. The van der Waals surface area contributed by atoms with Crippen LogP contribution >= 0.6 is 0 Å². The molecule has 0 saturated carbocycles. The van der Waals surface area contributed by atoms with Gasteiger partial charge in [0.1, 0.15) is 23.1 Å². The summed E-state index contributed by atoms with van der Waals surface area (Å²) in [7, 11) is -3.81. The number of para-hydroxylation sites is 1. The molecule has 0 aliphatic rings. The Morgan fingerprint density at radius 2 is 1.48 bits per heavy atom. The van der Waals surface area contributed by atoms with E-state index in [0.29, 0.717) is 23.9 Å². The number of aromatic nitrogens is 1. The lowest BCUT2D eigenvalue weighted by Crippen LogP contribution is -2.30. The van der Waals surface area contributed by atoms with Crippen molar-refractivity contribution in [2.75, 3.05) is 12.0 Å². The minimum atomic E-state index is -3.81. The third-order valence-corrected chi connectivity index (χ3v) is 6.33. The second-order valence-electron chi connectivity index (χ2n) is 7.50. The van der Waals surface area contributed by atoms with E-state index in [4.69, 9.17) is 9.47 Å². The Bertz CT molecular complexity index is 1370. The molecule has 0 aliphatic carbocycles. The average molecular weight is 464 g/mol. The fraction of sp³-hybridized carbons (Fsp3) is 0.160. The van der Waals surface area contributed by atoms with Gasteiger partial charge in [-0.1, -0.05) is 18.2 Å². The highest BCUT2D eigenvalue weighted by Crippen LogP contribution is 2.26. The Kier molecular flexibility index (Phi) is 6.48. The molecule has 1 heterocycles. The van der Waals surface area contributed by atoms with Crippen LogP contribution in [0, 0.1) is 13.8 Å². The molecule has 0 radical (unpaired) electrons. The topological polar surface area (TPSA) is 89.5 Å². The Balaban J connectivity index is 1.44. The van der Waals surface area contributed by atoms with E-state index in [1.165, 1.54) is 12.1 Å². The van der Waals surface area contributed by atoms with E-state index >= 15 is 0 Å². The smallest absolute Gasteiger partial charge is 0.257 e. The summed E-state index contributed by atoms with van der Waals surface area (Å²) < 4.78 is 36.7. The first-order valence-electron chi connectivity index (χ1n) is 10.5. The van der Waals surface area contributed by atoms with Gasteiger partial charge < -0.3 is 9.47 Å². The van der Waals surface area contributed by atoms with Gasteiger partial charge >= 0.3 is 0 Å². The summed E-state index contributed by atoms with van der Waals surface area (Å²) in [5.41, 5.74) is 5.57. The van der Waals surface area contributed by atoms with Gasteiger partial charge in [0.25, 0.3) is 10.0 Å². The lowest BCUT2D eigenvalue weighted by atomic mass is 10.1. The quantitative estimate of drug-likeness (QED) is 0.343. The summed E-state index contributed by atoms with van der Waals surface area (Å²) in [6.07, 6.45) is 0. The fourth-order valence-corrected chi connectivity index (χ4v) is 4.25. The highest BCUT2D eigenvalue weighted by Gasteiger charge is 2.15. The summed E-state index contributed by atoms with van der Waals surface area (Å²) in [6.45, 7) is 6.45. The first-order valence-corrected chi connectivity index (χ1v) is 12.0. The molecule has 2 N–H and O–H groups in total. The van der Waals surface area contributed by atoms with E-state index in [2.05, 4.69) is 15.2 Å². The number of sulfonamides is 1. The van der Waals surface area contributed by atoms with Crippen molar-refractivity contribution in [3.05, 3.63) is 83.9 Å². The van der Waals surface area contributed by atoms with Crippen molar-refractivity contribution in [2.45, 2.75) is 25.7 Å². The van der Waals surface area contributed by atoms with E-state index < -0.39 is 10.0 Å². The van der Waals surface area contributed by atoms with Gasteiger partial charge in [-0.25, -0.2) is 13.4 Å². The van der Waals surface area contributed by atoms with Gasteiger partial charge in [0.05, 0.1) is 17.0 Å². The molecule has 4 aromatic rings. The molecule has 0 bridgehead atoms. The zero-order chi connectivity index (χ0) is 23.4. The first-order chi connectivity index (χ1) is 15.9. The van der Waals surface area contributed by atoms with E-state index in [-0.39, 0.29) is 4.90 Å². The highest BCUT2D eigenvalue weighted by molar-refractivity contribution is 7.89. The molecule has 0 unspecified atom stereocenters. The molecule has 0 fully saturated rings. The fourth-order valence-electron chi connectivity index (χ4n) is 3.40. The van der Waals surface area contributed by atoms with Gasteiger partial charge in [0.2, 0.25) is 0 Å². The number of anilines is 1. The van der Waals surface area contributed by atoms with Crippen LogP contribution in [-0.4, -0.2) is 20.0 Å². The number of ether oxygens (including phenoxy) is 2. The number of nitrogens with one attached hydrogen (secondary N) is 2. The SMILES string of the molecule is CCOc1ccc(Oc2ccc(S(=O)(=O)NNc3cc(C)c4cccc(C)c4n3)cc2)cc1. The predicted octanol–water partition coefficient (Wildman–Crippen LogP) is 5.35. The molecule has 0 aliphatic heterocycles. The maximum absolute atomic E-state index is 12.7. The number of hydrazine groups is 1. The Hall–Kier alpha value is -3.62. The number of benzene rings is 3. The molecule has 0 saturated heterocycles. The second kappa shape index (κ2) is 9.48. The van der Waals surface area contributed by atoms with Crippen LogP contribution in [0.4, 0.5) is 5.82 Å². The van der Waals surface area contributed by atoms with Gasteiger partial charge in [-0.05, 0) is 86.5 Å². The molecular formula is C25H25N3O4S. The molecule has 8 heteroatoms. The zero-order valence-corrected chi connectivity index (χ0v) is 19.4. The number of aryl methyl sites for hydroxylation is 2. The van der Waals surface area contributed by atoms with Crippen LogP contribution in [0.1, 0.15) is 18.1 Å². The van der Waals surface area contributed by atoms with E-state index in [9.17, 15) is 8.42 Å². The second-order valence-corrected chi connectivity index (χ2v) is 9.19. The normalized spacial score (nSPS) is 11.4. The van der Waals surface area contributed by atoms with E-state index in [1.54, 1.807) is 30.3 Å². The maximum atomic E-state index is 12.7. The number of hydrogen-bond acceptors (Lipinski definition) is 6. The van der Waals surface area contributed by atoms with E-state index in [0.717, 1.165) is 27.8 Å². The van der Waals surface area contributed by atoms with Crippen molar-refractivity contribution in [2.24, 2.45) is 0 Å². The minimum absolute atomic E-state index is 0.0998.